The van der Waals surface area contributed by atoms with Crippen LogP contribution in [0.1, 0.15) is 21.5 Å². The first kappa shape index (κ1) is 17.0. The van der Waals surface area contributed by atoms with Crippen molar-refractivity contribution in [3.63, 3.8) is 0 Å². The SMILES string of the molecule is COC1(CNC(=O)c2ccc(-c3ccsc3)cc2)Cc2ccccc2C1. The van der Waals surface area contributed by atoms with Crippen LogP contribution in [0, 0.1) is 0 Å². The molecule has 0 aliphatic heterocycles. The molecule has 1 aliphatic rings. The highest BCUT2D eigenvalue weighted by molar-refractivity contribution is 7.08. The maximum Gasteiger partial charge on any atom is 0.251 e. The van der Waals surface area contributed by atoms with Gasteiger partial charge in [-0.2, -0.15) is 11.3 Å². The summed E-state index contributed by atoms with van der Waals surface area (Å²) in [5.41, 5.74) is 5.25. The smallest absolute Gasteiger partial charge is 0.251 e. The van der Waals surface area contributed by atoms with Gasteiger partial charge in [-0.05, 0) is 51.2 Å². The molecule has 0 unspecified atom stereocenters. The number of benzene rings is 2. The monoisotopic (exact) mass is 363 g/mol. The summed E-state index contributed by atoms with van der Waals surface area (Å²) in [6, 6.07) is 18.2. The van der Waals surface area contributed by atoms with Crippen LogP contribution >= 0.6 is 11.3 Å². The van der Waals surface area contributed by atoms with Crippen LogP contribution in [0.4, 0.5) is 0 Å². The van der Waals surface area contributed by atoms with Crippen molar-refractivity contribution < 1.29 is 9.53 Å². The number of carbonyl (C=O) groups excluding carboxylic acids is 1. The molecule has 1 aliphatic carbocycles. The largest absolute Gasteiger partial charge is 0.376 e. The maximum atomic E-state index is 12.6. The van der Waals surface area contributed by atoms with Crippen LogP contribution in [-0.4, -0.2) is 25.2 Å². The molecule has 1 N–H and O–H groups in total. The Hall–Kier alpha value is -2.43. The van der Waals surface area contributed by atoms with Gasteiger partial charge in [-0.1, -0.05) is 36.4 Å². The second-order valence-electron chi connectivity index (χ2n) is 6.78. The molecule has 26 heavy (non-hydrogen) atoms. The van der Waals surface area contributed by atoms with E-state index in [9.17, 15) is 4.79 Å². The van der Waals surface area contributed by atoms with Crippen molar-refractivity contribution in [3.8, 4) is 11.1 Å². The number of nitrogens with one attached hydrogen (secondary N) is 1. The first-order chi connectivity index (χ1) is 12.7. The lowest BCUT2D eigenvalue weighted by atomic mass is 9.99. The lowest BCUT2D eigenvalue weighted by Gasteiger charge is -2.27. The van der Waals surface area contributed by atoms with E-state index in [4.69, 9.17) is 4.74 Å². The number of amides is 1. The van der Waals surface area contributed by atoms with Gasteiger partial charge in [-0.3, -0.25) is 4.79 Å². The molecule has 1 aromatic heterocycles. The molecule has 3 nitrogen and oxygen atoms in total. The minimum absolute atomic E-state index is 0.0609. The van der Waals surface area contributed by atoms with Gasteiger partial charge in [-0.25, -0.2) is 0 Å². The van der Waals surface area contributed by atoms with Gasteiger partial charge in [0.2, 0.25) is 0 Å². The molecule has 1 heterocycles. The van der Waals surface area contributed by atoms with Gasteiger partial charge < -0.3 is 10.1 Å². The molecule has 0 fully saturated rings. The lowest BCUT2D eigenvalue weighted by Crippen LogP contribution is -2.45. The summed E-state index contributed by atoms with van der Waals surface area (Å²) >= 11 is 1.67. The number of methoxy groups -OCH3 is 1. The molecule has 0 saturated heterocycles. The third kappa shape index (κ3) is 3.30. The summed E-state index contributed by atoms with van der Waals surface area (Å²) in [5, 5.41) is 7.22. The molecule has 0 atom stereocenters. The molecule has 1 amide bonds. The third-order valence-corrected chi connectivity index (χ3v) is 5.83. The number of carbonyl (C=O) groups is 1. The second-order valence-corrected chi connectivity index (χ2v) is 7.56. The van der Waals surface area contributed by atoms with Crippen molar-refractivity contribution in [2.24, 2.45) is 0 Å². The van der Waals surface area contributed by atoms with Crippen LogP contribution in [0.3, 0.4) is 0 Å². The quantitative estimate of drug-likeness (QED) is 0.733. The van der Waals surface area contributed by atoms with E-state index in [0.717, 1.165) is 18.4 Å². The Bertz CT molecular complexity index is 875. The van der Waals surface area contributed by atoms with Crippen LogP contribution in [0.15, 0.2) is 65.4 Å². The van der Waals surface area contributed by atoms with Crippen LogP contribution in [0.2, 0.25) is 0 Å². The molecular formula is C22H21NO2S. The van der Waals surface area contributed by atoms with Gasteiger partial charge in [-0.15, -0.1) is 0 Å². The summed E-state index contributed by atoms with van der Waals surface area (Å²) in [5.74, 6) is -0.0609. The molecule has 0 bridgehead atoms. The van der Waals surface area contributed by atoms with Crippen molar-refractivity contribution in [2.75, 3.05) is 13.7 Å². The Kier molecular flexibility index (Phi) is 4.62. The molecule has 0 radical (unpaired) electrons. The van der Waals surface area contributed by atoms with E-state index in [1.165, 1.54) is 16.7 Å². The third-order valence-electron chi connectivity index (χ3n) is 5.15. The number of thiophene rings is 1. The van der Waals surface area contributed by atoms with E-state index in [1.54, 1.807) is 18.4 Å². The number of ether oxygens (including phenoxy) is 1. The van der Waals surface area contributed by atoms with Crippen molar-refractivity contribution in [3.05, 3.63) is 82.0 Å². The lowest BCUT2D eigenvalue weighted by molar-refractivity contribution is 0.000177. The molecule has 3 aromatic rings. The fourth-order valence-corrected chi connectivity index (χ4v) is 4.25. The minimum atomic E-state index is -0.351. The second kappa shape index (κ2) is 7.06. The number of rotatable bonds is 5. The molecule has 4 heteroatoms. The normalized spacial score (nSPS) is 14.8. The fraction of sp³-hybridized carbons (Fsp3) is 0.227. The zero-order valence-corrected chi connectivity index (χ0v) is 15.5. The van der Waals surface area contributed by atoms with Gasteiger partial charge >= 0.3 is 0 Å². The molecule has 0 saturated carbocycles. The predicted octanol–water partition coefficient (Wildman–Crippen LogP) is 4.33. The van der Waals surface area contributed by atoms with Crippen LogP contribution < -0.4 is 5.32 Å². The first-order valence-corrected chi connectivity index (χ1v) is 9.66. The van der Waals surface area contributed by atoms with E-state index < -0.39 is 0 Å². The Morgan fingerprint density at radius 3 is 2.31 bits per heavy atom. The van der Waals surface area contributed by atoms with Crippen molar-refractivity contribution in [2.45, 2.75) is 18.4 Å². The highest BCUT2D eigenvalue weighted by atomic mass is 32.1. The Morgan fingerprint density at radius 1 is 1.04 bits per heavy atom. The van der Waals surface area contributed by atoms with Gasteiger partial charge in [0, 0.05) is 32.1 Å². The van der Waals surface area contributed by atoms with Gasteiger partial charge in [0.15, 0.2) is 0 Å². The minimum Gasteiger partial charge on any atom is -0.376 e. The first-order valence-electron chi connectivity index (χ1n) is 8.72. The summed E-state index contributed by atoms with van der Waals surface area (Å²) in [4.78, 5) is 12.6. The standard InChI is InChI=1S/C22H21NO2S/c1-25-22(12-18-4-2-3-5-19(18)13-22)15-23-21(24)17-8-6-16(7-9-17)20-10-11-26-14-20/h2-11,14H,12-13,15H2,1H3,(H,23,24). The van der Waals surface area contributed by atoms with E-state index in [-0.39, 0.29) is 11.5 Å². The summed E-state index contributed by atoms with van der Waals surface area (Å²) in [7, 11) is 1.73. The van der Waals surface area contributed by atoms with Crippen LogP contribution in [0.25, 0.3) is 11.1 Å². The molecule has 2 aromatic carbocycles. The van der Waals surface area contributed by atoms with E-state index >= 15 is 0 Å². The Labute approximate surface area is 157 Å². The topological polar surface area (TPSA) is 38.3 Å². The highest BCUT2D eigenvalue weighted by Crippen LogP contribution is 2.32. The van der Waals surface area contributed by atoms with Crippen LogP contribution in [0.5, 0.6) is 0 Å². The average Bonchev–Trinajstić information content (AvgIpc) is 3.34. The predicted molar refractivity (Wildman–Crippen MR) is 106 cm³/mol. The summed E-state index contributed by atoms with van der Waals surface area (Å²) in [6.45, 7) is 0.503. The van der Waals surface area contributed by atoms with Gasteiger partial charge in [0.25, 0.3) is 5.91 Å². The maximum absolute atomic E-state index is 12.6. The number of hydrogen-bond donors (Lipinski definition) is 1. The fourth-order valence-electron chi connectivity index (χ4n) is 3.59. The van der Waals surface area contributed by atoms with Crippen molar-refractivity contribution in [1.82, 2.24) is 5.32 Å². The molecule has 132 valence electrons. The summed E-state index contributed by atoms with van der Waals surface area (Å²) < 4.78 is 5.82. The van der Waals surface area contributed by atoms with E-state index in [1.807, 2.05) is 24.3 Å². The number of hydrogen-bond acceptors (Lipinski definition) is 3. The van der Waals surface area contributed by atoms with Gasteiger partial charge in [0.1, 0.15) is 0 Å². The van der Waals surface area contributed by atoms with Crippen molar-refractivity contribution in [1.29, 1.82) is 0 Å². The number of fused-ring (bicyclic) bond motifs is 1. The average molecular weight is 363 g/mol. The highest BCUT2D eigenvalue weighted by Gasteiger charge is 2.37. The Morgan fingerprint density at radius 2 is 1.73 bits per heavy atom. The zero-order valence-electron chi connectivity index (χ0n) is 14.7. The van der Waals surface area contributed by atoms with E-state index in [2.05, 4.69) is 46.4 Å². The summed E-state index contributed by atoms with van der Waals surface area (Å²) in [6.07, 6.45) is 1.66. The van der Waals surface area contributed by atoms with Crippen molar-refractivity contribution >= 4 is 17.2 Å². The Balaban J connectivity index is 1.42. The van der Waals surface area contributed by atoms with E-state index in [0.29, 0.717) is 12.1 Å². The molecule has 0 spiro atoms. The zero-order chi connectivity index (χ0) is 18.0. The molecular weight excluding hydrogens is 342 g/mol. The van der Waals surface area contributed by atoms with Crippen LogP contribution in [-0.2, 0) is 17.6 Å². The molecule has 4 rings (SSSR count). The van der Waals surface area contributed by atoms with Gasteiger partial charge in [0.05, 0.1) is 5.60 Å².